The molecule has 0 amide bonds. The van der Waals surface area contributed by atoms with E-state index in [0.717, 1.165) is 0 Å². The van der Waals surface area contributed by atoms with E-state index in [1.807, 2.05) is 0 Å². The van der Waals surface area contributed by atoms with E-state index in [1.54, 1.807) is 13.3 Å². The van der Waals surface area contributed by atoms with Gasteiger partial charge in [-0.2, -0.15) is 0 Å². The molecule has 0 N–H and O–H groups in total. The third kappa shape index (κ3) is 25.4. The summed E-state index contributed by atoms with van der Waals surface area (Å²) in [5, 5.41) is 6.25. The Labute approximate surface area is 134 Å². The summed E-state index contributed by atoms with van der Waals surface area (Å²) in [6, 6.07) is 0. The van der Waals surface area contributed by atoms with Gasteiger partial charge in [-0.05, 0) is 0 Å². The average molecular weight is 407 g/mol. The maximum Gasteiger partial charge on any atom is 2.00 e. The molecule has 0 fully saturated rings. The van der Waals surface area contributed by atoms with Crippen LogP contribution >= 0.6 is 0 Å². The van der Waals surface area contributed by atoms with E-state index in [2.05, 4.69) is 33.9 Å². The van der Waals surface area contributed by atoms with E-state index in [4.69, 9.17) is 11.8 Å². The Morgan fingerprint density at radius 1 is 0.833 bits per heavy atom. The van der Waals surface area contributed by atoms with E-state index >= 15 is 0 Å². The largest absolute Gasteiger partial charge is 2.00 e. The Bertz CT molecular complexity index is 121. The first kappa shape index (κ1) is 27.0. The monoisotopic (exact) mass is 407 g/mol. The van der Waals surface area contributed by atoms with Gasteiger partial charge in [-0.15, -0.1) is 0 Å². The topological polar surface area (TPSA) is 23.8 Å². The van der Waals surface area contributed by atoms with Gasteiger partial charge in [0.05, 0.1) is 0 Å². The molecule has 0 aromatic carbocycles. The first-order chi connectivity index (χ1) is 8.35. The van der Waals surface area contributed by atoms with Gasteiger partial charge in [0.2, 0.25) is 0 Å². The molecule has 0 atom stereocenters. The molecule has 0 aliphatic carbocycles. The predicted molar refractivity (Wildman–Crippen MR) is 79.8 cm³/mol. The molecular formula is C15H30CuNSn. The second kappa shape index (κ2) is 30.5. The van der Waals surface area contributed by atoms with Crippen molar-refractivity contribution in [2.24, 2.45) is 0 Å². The minimum atomic E-state index is -0.839. The van der Waals surface area contributed by atoms with Crippen LogP contribution < -0.4 is 0 Å². The van der Waals surface area contributed by atoms with Crippen LogP contribution in [0.1, 0.15) is 59.3 Å². The molecule has 3 heteroatoms. The third-order valence-corrected chi connectivity index (χ3v) is 11.7. The molecule has 18 heavy (non-hydrogen) atoms. The van der Waals surface area contributed by atoms with E-state index in [-0.39, 0.29) is 17.1 Å². The summed E-state index contributed by atoms with van der Waals surface area (Å²) >= 11 is -0.839. The van der Waals surface area contributed by atoms with E-state index in [0.29, 0.717) is 0 Å². The number of nitrogens with zero attached hydrogens (tertiary/aromatic N) is 1. The summed E-state index contributed by atoms with van der Waals surface area (Å²) in [6.45, 7) is 18.8. The summed E-state index contributed by atoms with van der Waals surface area (Å²) in [4.78, 5) is 0. The molecule has 2 radical (unpaired) electrons. The van der Waals surface area contributed by atoms with Gasteiger partial charge in [-0.1, -0.05) is 0 Å². The Kier molecular flexibility index (Phi) is 45.8. The summed E-state index contributed by atoms with van der Waals surface area (Å²) < 4.78 is 5.04. The van der Waals surface area contributed by atoms with Gasteiger partial charge in [0, 0.05) is 0 Å². The van der Waals surface area contributed by atoms with Gasteiger partial charge < -0.3 is 18.4 Å². The van der Waals surface area contributed by atoms with Crippen LogP contribution in [0.15, 0.2) is 6.58 Å². The van der Waals surface area contributed by atoms with Gasteiger partial charge in [0.25, 0.3) is 0 Å². The Hall–Kier alpha value is 0.548. The summed E-state index contributed by atoms with van der Waals surface area (Å²) in [6.07, 6.45) is 8.85. The fourth-order valence-corrected chi connectivity index (χ4v) is 11.1. The smallest absolute Gasteiger partial charge is 0.521 e. The predicted octanol–water partition coefficient (Wildman–Crippen LogP) is 5.58. The van der Waals surface area contributed by atoms with Crippen molar-refractivity contribution in [1.29, 1.82) is 5.26 Å². The standard InChI is InChI=1S/3C4H9.C2H3.CN.Cu.Sn/c3*1-3-4-2;2*1-2;;/h3*1,3-4H2,2H3;1H,2H2;;;/q;;;2*-1;+2;. The number of unbranched alkanes of at least 4 members (excludes halogenated alkanes) is 3. The van der Waals surface area contributed by atoms with E-state index in [1.165, 1.54) is 38.5 Å². The van der Waals surface area contributed by atoms with Crippen LogP contribution in [0.25, 0.3) is 0 Å². The van der Waals surface area contributed by atoms with Crippen LogP contribution in [0.5, 0.6) is 0 Å². The minimum absolute atomic E-state index is 0. The SMILES string of the molecule is CCC[CH2][Sn]([CH2]CCC)[CH2]CCC.[C-]#N.[CH-]=C.[Cu+2]. The molecule has 0 aromatic rings. The molecule has 0 aliphatic heterocycles. The summed E-state index contributed by atoms with van der Waals surface area (Å²) in [5.41, 5.74) is 0. The van der Waals surface area contributed by atoms with Gasteiger partial charge in [-0.25, -0.2) is 0 Å². The van der Waals surface area contributed by atoms with Crippen molar-refractivity contribution in [3.05, 3.63) is 19.7 Å². The summed E-state index contributed by atoms with van der Waals surface area (Å²) in [5.74, 6) is 0. The van der Waals surface area contributed by atoms with Crippen molar-refractivity contribution in [2.75, 3.05) is 0 Å². The molecule has 0 rings (SSSR count). The van der Waals surface area contributed by atoms with Gasteiger partial charge >= 0.3 is 109 Å². The number of rotatable bonds is 9. The first-order valence-corrected chi connectivity index (χ1v) is 12.9. The molecule has 0 unspecified atom stereocenters. The molecule has 0 spiro atoms. The molecule has 0 aromatic heterocycles. The van der Waals surface area contributed by atoms with E-state index in [9.17, 15) is 0 Å². The summed E-state index contributed by atoms with van der Waals surface area (Å²) in [7, 11) is 0. The molecule has 0 aliphatic rings. The van der Waals surface area contributed by atoms with Crippen LogP contribution in [0.2, 0.25) is 13.3 Å². The number of hydrogen-bond acceptors (Lipinski definition) is 1. The Balaban J connectivity index is -0.000000177. The fourth-order valence-electron chi connectivity index (χ4n) is 1.66. The average Bonchev–Trinajstić information content (AvgIpc) is 2.42. The number of hydrogen-bond donors (Lipinski definition) is 0. The zero-order valence-electron chi connectivity index (χ0n) is 12.4. The van der Waals surface area contributed by atoms with Crippen LogP contribution in [0, 0.1) is 18.4 Å². The molecule has 1 nitrogen and oxygen atoms in total. The first-order valence-electron chi connectivity index (χ1n) is 6.81. The maximum absolute atomic E-state index is 6.25. The normalized spacial score (nSPS) is 8.33. The molecule has 110 valence electrons. The molecule has 0 saturated carbocycles. The third-order valence-electron chi connectivity index (χ3n) is 2.65. The van der Waals surface area contributed by atoms with Crippen LogP contribution in [0.3, 0.4) is 0 Å². The Morgan fingerprint density at radius 3 is 1.22 bits per heavy atom. The molecular weight excluding hydrogens is 376 g/mol. The maximum atomic E-state index is 6.25. The van der Waals surface area contributed by atoms with Crippen LogP contribution in [-0.4, -0.2) is 19.8 Å². The van der Waals surface area contributed by atoms with Crippen molar-refractivity contribution in [3.63, 3.8) is 0 Å². The molecule has 0 saturated heterocycles. The Morgan fingerprint density at radius 2 is 1.06 bits per heavy atom. The van der Waals surface area contributed by atoms with Crippen molar-refractivity contribution in [1.82, 2.24) is 0 Å². The van der Waals surface area contributed by atoms with Crippen LogP contribution in [0.4, 0.5) is 0 Å². The van der Waals surface area contributed by atoms with E-state index < -0.39 is 19.8 Å². The molecule has 0 heterocycles. The molecule has 0 bridgehead atoms. The fraction of sp³-hybridized carbons (Fsp3) is 0.800. The second-order valence-corrected chi connectivity index (χ2v) is 12.6. The van der Waals surface area contributed by atoms with Crippen molar-refractivity contribution >= 4 is 19.8 Å². The van der Waals surface area contributed by atoms with Crippen LogP contribution in [-0.2, 0) is 17.1 Å². The van der Waals surface area contributed by atoms with Gasteiger partial charge in [-0.3, -0.25) is 6.58 Å². The zero-order valence-corrected chi connectivity index (χ0v) is 16.2. The van der Waals surface area contributed by atoms with Crippen molar-refractivity contribution in [3.8, 4) is 0 Å². The van der Waals surface area contributed by atoms with Crippen molar-refractivity contribution in [2.45, 2.75) is 72.6 Å². The minimum Gasteiger partial charge on any atom is -0.521 e. The second-order valence-electron chi connectivity index (χ2n) is 4.06. The van der Waals surface area contributed by atoms with Gasteiger partial charge in [0.1, 0.15) is 0 Å². The quantitative estimate of drug-likeness (QED) is 0.362. The zero-order chi connectivity index (χ0) is 13.9. The van der Waals surface area contributed by atoms with Crippen molar-refractivity contribution < 1.29 is 17.1 Å². The van der Waals surface area contributed by atoms with Gasteiger partial charge in [0.15, 0.2) is 0 Å².